The molecular formula is C25H19NO2S2. The highest BCUT2D eigenvalue weighted by atomic mass is 32.2. The molecule has 5 heteroatoms. The Balaban J connectivity index is 1.55. The van der Waals surface area contributed by atoms with E-state index in [0.717, 1.165) is 26.3 Å². The number of thioether (sulfide) groups is 2. The summed E-state index contributed by atoms with van der Waals surface area (Å²) in [6, 6.07) is 17.6. The Morgan fingerprint density at radius 3 is 2.67 bits per heavy atom. The highest BCUT2D eigenvalue weighted by molar-refractivity contribution is 8.02. The van der Waals surface area contributed by atoms with Crippen molar-refractivity contribution in [1.82, 2.24) is 4.98 Å². The van der Waals surface area contributed by atoms with E-state index in [4.69, 9.17) is 11.2 Å². The average Bonchev–Trinajstić information content (AvgIpc) is 2.79. The lowest BCUT2D eigenvalue weighted by Gasteiger charge is -2.09. The number of fused-ring (bicyclic) bond motifs is 1. The number of ether oxygens (including phenoxy) is 1. The van der Waals surface area contributed by atoms with E-state index in [1.165, 1.54) is 6.08 Å². The molecule has 0 spiro atoms. The van der Waals surface area contributed by atoms with Crippen molar-refractivity contribution < 1.29 is 9.53 Å². The molecule has 0 aliphatic carbocycles. The first-order valence-electron chi connectivity index (χ1n) is 9.20. The van der Waals surface area contributed by atoms with Gasteiger partial charge in [-0.2, -0.15) is 0 Å². The molecule has 0 atom stereocenters. The van der Waals surface area contributed by atoms with Crippen molar-refractivity contribution in [2.75, 3.05) is 18.1 Å². The summed E-state index contributed by atoms with van der Waals surface area (Å²) in [6.07, 6.45) is 10.4. The summed E-state index contributed by atoms with van der Waals surface area (Å²) in [7, 11) is 0. The molecule has 3 nitrogen and oxygen atoms in total. The third-order valence-electron chi connectivity index (χ3n) is 3.92. The van der Waals surface area contributed by atoms with Gasteiger partial charge in [-0.25, -0.2) is 4.79 Å². The molecule has 3 rings (SSSR count). The molecule has 0 amide bonds. The number of para-hydroxylation sites is 1. The van der Waals surface area contributed by atoms with E-state index < -0.39 is 5.97 Å². The maximum Gasteiger partial charge on any atom is 0.331 e. The van der Waals surface area contributed by atoms with E-state index >= 15 is 0 Å². The van der Waals surface area contributed by atoms with Gasteiger partial charge in [0.05, 0.1) is 17.0 Å². The Kier molecular flexibility index (Phi) is 8.47. The molecule has 0 unspecified atom stereocenters. The molecule has 0 aliphatic heterocycles. The normalized spacial score (nSPS) is 10.4. The molecule has 1 aromatic heterocycles. The summed E-state index contributed by atoms with van der Waals surface area (Å²) in [5.74, 6) is 9.36. The predicted molar refractivity (Wildman–Crippen MR) is 126 cm³/mol. The molecule has 1 heterocycles. The lowest BCUT2D eigenvalue weighted by molar-refractivity contribution is -0.136. The molecule has 30 heavy (non-hydrogen) atoms. The third kappa shape index (κ3) is 6.46. The number of carbonyl (C=O) groups excluding carboxylic acids is 1. The maximum atomic E-state index is 11.8. The Hall–Kier alpha value is -3.12. The van der Waals surface area contributed by atoms with E-state index in [1.807, 2.05) is 54.7 Å². The van der Waals surface area contributed by atoms with Crippen molar-refractivity contribution in [2.45, 2.75) is 9.79 Å². The number of hydrogen-bond donors (Lipinski definition) is 0. The topological polar surface area (TPSA) is 39.2 Å². The number of terminal acetylenes is 1. The van der Waals surface area contributed by atoms with Crippen molar-refractivity contribution in [3.8, 4) is 24.2 Å². The smallest absolute Gasteiger partial charge is 0.331 e. The highest BCUT2D eigenvalue weighted by Crippen LogP contribution is 2.35. The largest absolute Gasteiger partial charge is 0.449 e. The van der Waals surface area contributed by atoms with Crippen LogP contribution in [0.15, 0.2) is 76.7 Å². The van der Waals surface area contributed by atoms with Crippen LogP contribution in [0.5, 0.6) is 0 Å². The summed E-state index contributed by atoms with van der Waals surface area (Å²) in [4.78, 5) is 18.4. The molecule has 3 aromatic rings. The molecule has 0 fully saturated rings. The second-order valence-corrected chi connectivity index (χ2v) is 7.96. The van der Waals surface area contributed by atoms with Crippen LogP contribution in [0.4, 0.5) is 0 Å². The molecular weight excluding hydrogens is 410 g/mol. The number of carbonyl (C=O) groups is 1. The lowest BCUT2D eigenvalue weighted by Crippen LogP contribution is -2.00. The second kappa shape index (κ2) is 11.8. The highest BCUT2D eigenvalue weighted by Gasteiger charge is 2.09. The van der Waals surface area contributed by atoms with Crippen LogP contribution in [-0.2, 0) is 9.53 Å². The minimum absolute atomic E-state index is 0.0638. The fourth-order valence-corrected chi connectivity index (χ4v) is 4.37. The zero-order valence-corrected chi connectivity index (χ0v) is 17.8. The zero-order chi connectivity index (χ0) is 21.0. The molecule has 0 saturated heterocycles. The lowest BCUT2D eigenvalue weighted by atomic mass is 10.2. The van der Waals surface area contributed by atoms with Gasteiger partial charge in [0.25, 0.3) is 0 Å². The Morgan fingerprint density at radius 1 is 1.03 bits per heavy atom. The van der Waals surface area contributed by atoms with Crippen LogP contribution in [0, 0.1) is 24.2 Å². The van der Waals surface area contributed by atoms with Gasteiger partial charge in [-0.05, 0) is 17.7 Å². The third-order valence-corrected chi connectivity index (χ3v) is 5.99. The van der Waals surface area contributed by atoms with Gasteiger partial charge in [0.2, 0.25) is 0 Å². The molecule has 0 aliphatic rings. The van der Waals surface area contributed by atoms with Crippen LogP contribution in [0.3, 0.4) is 0 Å². The summed E-state index contributed by atoms with van der Waals surface area (Å²) in [5, 5.41) is 1.09. The number of esters is 1. The summed E-state index contributed by atoms with van der Waals surface area (Å²) in [5.41, 5.74) is 1.89. The molecule has 0 radical (unpaired) electrons. The first-order chi connectivity index (χ1) is 14.8. The van der Waals surface area contributed by atoms with E-state index in [-0.39, 0.29) is 6.61 Å². The van der Waals surface area contributed by atoms with E-state index in [2.05, 4.69) is 28.8 Å². The molecule has 2 aromatic carbocycles. The van der Waals surface area contributed by atoms with Crippen LogP contribution in [0.2, 0.25) is 0 Å². The van der Waals surface area contributed by atoms with Crippen molar-refractivity contribution in [3.63, 3.8) is 0 Å². The summed E-state index contributed by atoms with van der Waals surface area (Å²) >= 11 is 3.23. The van der Waals surface area contributed by atoms with Crippen molar-refractivity contribution in [2.24, 2.45) is 0 Å². The first kappa shape index (κ1) is 21.6. The number of pyridine rings is 1. The van der Waals surface area contributed by atoms with Gasteiger partial charge >= 0.3 is 5.97 Å². The van der Waals surface area contributed by atoms with Gasteiger partial charge in [-0.15, -0.1) is 29.9 Å². The number of rotatable bonds is 7. The van der Waals surface area contributed by atoms with Gasteiger partial charge in [-0.1, -0.05) is 66.3 Å². The van der Waals surface area contributed by atoms with Gasteiger partial charge in [0.15, 0.2) is 6.61 Å². The van der Waals surface area contributed by atoms with Crippen molar-refractivity contribution >= 4 is 46.5 Å². The molecule has 148 valence electrons. The van der Waals surface area contributed by atoms with Crippen molar-refractivity contribution in [1.29, 1.82) is 0 Å². The second-order valence-electron chi connectivity index (χ2n) is 5.96. The molecule has 0 N–H and O–H groups in total. The first-order valence-corrected chi connectivity index (χ1v) is 11.2. The van der Waals surface area contributed by atoms with Gasteiger partial charge < -0.3 is 4.74 Å². The van der Waals surface area contributed by atoms with Crippen LogP contribution in [0.25, 0.3) is 17.0 Å². The molecule has 0 bridgehead atoms. The van der Waals surface area contributed by atoms with E-state index in [0.29, 0.717) is 11.5 Å². The number of aromatic nitrogens is 1. The zero-order valence-electron chi connectivity index (χ0n) is 16.2. The standard InChI is InChI=1S/C25H19NO2S2/c1-2-17-29-23-19-26-22-13-7-6-12-21(22)25(23)30-18-9-8-16-28-24(27)15-14-20-10-4-3-5-11-20/h1,3-7,10-15,19H,16-18H2/b15-14+. The number of benzene rings is 2. The van der Waals surface area contributed by atoms with E-state index in [9.17, 15) is 4.79 Å². The quantitative estimate of drug-likeness (QED) is 0.220. The van der Waals surface area contributed by atoms with Gasteiger partial charge in [0, 0.05) is 27.5 Å². The Labute approximate surface area is 185 Å². The van der Waals surface area contributed by atoms with Crippen LogP contribution < -0.4 is 0 Å². The average molecular weight is 430 g/mol. The van der Waals surface area contributed by atoms with E-state index in [1.54, 1.807) is 29.6 Å². The predicted octanol–water partition coefficient (Wildman–Crippen LogP) is 5.31. The SMILES string of the molecule is C#CCSc1cnc2ccccc2c1SCC#CCOC(=O)/C=C/c1ccccc1. The molecule has 0 saturated carbocycles. The number of hydrogen-bond acceptors (Lipinski definition) is 5. The monoisotopic (exact) mass is 429 g/mol. The van der Waals surface area contributed by atoms with Crippen LogP contribution >= 0.6 is 23.5 Å². The Bertz CT molecular complexity index is 1140. The van der Waals surface area contributed by atoms with Crippen LogP contribution in [0.1, 0.15) is 5.56 Å². The van der Waals surface area contributed by atoms with Gasteiger partial charge in [0.1, 0.15) is 0 Å². The summed E-state index contributed by atoms with van der Waals surface area (Å²) in [6.45, 7) is 0.0638. The van der Waals surface area contributed by atoms with Gasteiger partial charge in [-0.3, -0.25) is 4.98 Å². The minimum atomic E-state index is -0.408. The maximum absolute atomic E-state index is 11.8. The minimum Gasteiger partial charge on any atom is -0.449 e. The summed E-state index contributed by atoms with van der Waals surface area (Å²) < 4.78 is 5.12. The Morgan fingerprint density at radius 2 is 1.83 bits per heavy atom. The van der Waals surface area contributed by atoms with Crippen molar-refractivity contribution in [3.05, 3.63) is 72.4 Å². The number of nitrogens with zero attached hydrogens (tertiary/aromatic N) is 1. The fraction of sp³-hybridized carbons (Fsp3) is 0.120. The van der Waals surface area contributed by atoms with Crippen LogP contribution in [-0.4, -0.2) is 29.1 Å². The fourth-order valence-electron chi connectivity index (χ4n) is 2.56.